The maximum absolute atomic E-state index is 11.1. The number of carbonyl (C=O) groups excluding carboxylic acids is 1. The molecule has 1 aliphatic carbocycles. The molecule has 0 N–H and O–H groups in total. The van der Waals surface area contributed by atoms with E-state index in [0.717, 1.165) is 36.1 Å². The summed E-state index contributed by atoms with van der Waals surface area (Å²) in [6.45, 7) is 0. The molecule has 3 nitrogen and oxygen atoms in total. The van der Waals surface area contributed by atoms with Crippen molar-refractivity contribution in [1.82, 2.24) is 9.78 Å². The van der Waals surface area contributed by atoms with Crippen LogP contribution in [-0.2, 0) is 24.7 Å². The molecule has 3 rings (SSSR count). The average Bonchev–Trinajstić information content (AvgIpc) is 2.76. The van der Waals surface area contributed by atoms with E-state index in [-0.39, 0.29) is 0 Å². The Kier molecular flexibility index (Phi) is 4.17. The van der Waals surface area contributed by atoms with E-state index in [4.69, 9.17) is 11.6 Å². The normalized spacial score (nSPS) is 14.2. The first-order valence-electron chi connectivity index (χ1n) is 6.73. The number of halogens is 2. The Bertz CT molecular complexity index is 749. The summed E-state index contributed by atoms with van der Waals surface area (Å²) in [6.07, 6.45) is 3.08. The topological polar surface area (TPSA) is 34.9 Å². The minimum atomic E-state index is 0.569. The van der Waals surface area contributed by atoms with Gasteiger partial charge >= 0.3 is 0 Å². The third-order valence-electron chi connectivity index (χ3n) is 3.77. The maximum atomic E-state index is 11.1. The molecule has 0 fully saturated rings. The number of aromatic nitrogens is 2. The molecule has 0 saturated carbocycles. The third-order valence-corrected chi connectivity index (χ3v) is 4.88. The van der Waals surface area contributed by atoms with Gasteiger partial charge in [-0.1, -0.05) is 23.7 Å². The van der Waals surface area contributed by atoms with Gasteiger partial charge in [0.2, 0.25) is 0 Å². The highest BCUT2D eigenvalue weighted by Gasteiger charge is 2.25. The second-order valence-electron chi connectivity index (χ2n) is 5.16. The summed E-state index contributed by atoms with van der Waals surface area (Å²) in [5.41, 5.74) is 4.91. The fourth-order valence-electron chi connectivity index (χ4n) is 2.73. The largest absolute Gasteiger partial charge is 0.298 e. The highest BCUT2D eigenvalue weighted by atomic mass is 127. The zero-order chi connectivity index (χ0) is 15.0. The summed E-state index contributed by atoms with van der Waals surface area (Å²) in [5.74, 6) is 0. The van der Waals surface area contributed by atoms with Crippen LogP contribution in [0.3, 0.4) is 0 Å². The molecule has 0 unspecified atom stereocenters. The molecule has 0 aliphatic heterocycles. The van der Waals surface area contributed by atoms with Crippen molar-refractivity contribution in [2.45, 2.75) is 19.3 Å². The van der Waals surface area contributed by atoms with Crippen molar-refractivity contribution >= 4 is 45.5 Å². The van der Waals surface area contributed by atoms with E-state index < -0.39 is 0 Å². The van der Waals surface area contributed by atoms with Crippen LogP contribution in [0.2, 0.25) is 0 Å². The summed E-state index contributed by atoms with van der Waals surface area (Å²) in [7, 11) is 1.94. The molecule has 0 atom stereocenters. The monoisotopic (exact) mass is 412 g/mol. The van der Waals surface area contributed by atoms with E-state index in [1.165, 1.54) is 9.13 Å². The maximum Gasteiger partial charge on any atom is 0.147 e. The Balaban J connectivity index is 2.07. The van der Waals surface area contributed by atoms with E-state index in [0.29, 0.717) is 17.0 Å². The third kappa shape index (κ3) is 2.79. The number of carbonyl (C=O) groups is 1. The molecular weight excluding hydrogens is 399 g/mol. The quantitative estimate of drug-likeness (QED) is 0.569. The lowest BCUT2D eigenvalue weighted by Gasteiger charge is -2.13. The van der Waals surface area contributed by atoms with E-state index in [2.05, 4.69) is 45.9 Å². The summed E-state index contributed by atoms with van der Waals surface area (Å²) in [4.78, 5) is 11.1. The Labute approximate surface area is 142 Å². The average molecular weight is 413 g/mol. The Morgan fingerprint density at radius 3 is 2.95 bits per heavy atom. The molecule has 1 aromatic heterocycles. The van der Waals surface area contributed by atoms with Gasteiger partial charge < -0.3 is 0 Å². The van der Waals surface area contributed by atoms with E-state index in [1.807, 2.05) is 17.8 Å². The van der Waals surface area contributed by atoms with Crippen LogP contribution < -0.4 is 0 Å². The number of aryl methyl sites for hydroxylation is 2. The molecule has 5 heteroatoms. The molecule has 1 heterocycles. The van der Waals surface area contributed by atoms with Crippen molar-refractivity contribution in [3.05, 3.63) is 55.9 Å². The van der Waals surface area contributed by atoms with Crippen LogP contribution in [0.4, 0.5) is 0 Å². The van der Waals surface area contributed by atoms with Crippen LogP contribution in [0.1, 0.15) is 28.9 Å². The number of nitrogens with zero attached hydrogens (tertiary/aromatic N) is 2. The van der Waals surface area contributed by atoms with Crippen LogP contribution in [0, 0.1) is 3.57 Å². The van der Waals surface area contributed by atoms with E-state index in [1.54, 1.807) is 0 Å². The second kappa shape index (κ2) is 5.93. The number of hydrogen-bond donors (Lipinski definition) is 0. The standard InChI is InChI=1S/C16H14ClIN2O/c1-20-14(8-10-3-2-4-12(18)7-10)15-13(19-20)6-5-11(9-21)16(15)17/h2-4,7,9H,5-6,8H2,1H3. The minimum absolute atomic E-state index is 0.569. The van der Waals surface area contributed by atoms with E-state index in [9.17, 15) is 4.79 Å². The molecule has 2 aromatic rings. The molecule has 108 valence electrons. The smallest absolute Gasteiger partial charge is 0.147 e. The van der Waals surface area contributed by atoms with Crippen molar-refractivity contribution in [2.24, 2.45) is 7.05 Å². The van der Waals surface area contributed by atoms with Crippen LogP contribution in [0.5, 0.6) is 0 Å². The molecule has 0 saturated heterocycles. The molecule has 0 amide bonds. The van der Waals surface area contributed by atoms with Crippen LogP contribution >= 0.6 is 34.2 Å². The first-order valence-corrected chi connectivity index (χ1v) is 8.19. The summed E-state index contributed by atoms with van der Waals surface area (Å²) < 4.78 is 3.09. The molecule has 1 aromatic carbocycles. The van der Waals surface area contributed by atoms with Gasteiger partial charge in [-0.2, -0.15) is 5.10 Å². The lowest BCUT2D eigenvalue weighted by Crippen LogP contribution is -2.04. The molecule has 0 spiro atoms. The Hall–Kier alpha value is -1.14. The van der Waals surface area contributed by atoms with Crippen LogP contribution in [0.25, 0.3) is 5.03 Å². The van der Waals surface area contributed by atoms with Crippen molar-refractivity contribution in [3.63, 3.8) is 0 Å². The van der Waals surface area contributed by atoms with Gasteiger partial charge in [0.25, 0.3) is 0 Å². The van der Waals surface area contributed by atoms with Crippen molar-refractivity contribution in [3.8, 4) is 0 Å². The molecule has 0 radical (unpaired) electrons. The second-order valence-corrected chi connectivity index (χ2v) is 6.78. The summed E-state index contributed by atoms with van der Waals surface area (Å²) in [5, 5.41) is 5.14. The number of rotatable bonds is 3. The van der Waals surface area contributed by atoms with Gasteiger partial charge in [-0.3, -0.25) is 9.48 Å². The molecule has 21 heavy (non-hydrogen) atoms. The number of hydrogen-bond acceptors (Lipinski definition) is 2. The predicted octanol–water partition coefficient (Wildman–Crippen LogP) is 3.71. The zero-order valence-corrected chi connectivity index (χ0v) is 14.5. The van der Waals surface area contributed by atoms with Crippen LogP contribution in [-0.4, -0.2) is 16.1 Å². The van der Waals surface area contributed by atoms with Crippen molar-refractivity contribution in [1.29, 1.82) is 0 Å². The first-order chi connectivity index (χ1) is 10.1. The van der Waals surface area contributed by atoms with Gasteiger partial charge in [-0.05, 0) is 53.1 Å². The van der Waals surface area contributed by atoms with Gasteiger partial charge in [0, 0.05) is 28.2 Å². The summed E-state index contributed by atoms with van der Waals surface area (Å²) >= 11 is 8.73. The van der Waals surface area contributed by atoms with Gasteiger partial charge in [-0.25, -0.2) is 0 Å². The molecule has 1 aliphatic rings. The van der Waals surface area contributed by atoms with E-state index >= 15 is 0 Å². The SMILES string of the molecule is Cn1nc2c(c1Cc1cccc(I)c1)C(Cl)=C(C=O)CC2. The Morgan fingerprint density at radius 2 is 2.24 bits per heavy atom. The van der Waals surface area contributed by atoms with Gasteiger partial charge in [0.05, 0.1) is 16.4 Å². The van der Waals surface area contributed by atoms with Crippen molar-refractivity contribution < 1.29 is 4.79 Å². The fraction of sp³-hybridized carbons (Fsp3) is 0.250. The fourth-order valence-corrected chi connectivity index (χ4v) is 3.69. The van der Waals surface area contributed by atoms with Gasteiger partial charge in [-0.15, -0.1) is 0 Å². The highest BCUT2D eigenvalue weighted by Crippen LogP contribution is 2.36. The number of aldehydes is 1. The lowest BCUT2D eigenvalue weighted by molar-refractivity contribution is -0.105. The highest BCUT2D eigenvalue weighted by molar-refractivity contribution is 14.1. The molecular formula is C16H14ClIN2O. The van der Waals surface area contributed by atoms with Crippen molar-refractivity contribution in [2.75, 3.05) is 0 Å². The number of fused-ring (bicyclic) bond motifs is 1. The molecule has 0 bridgehead atoms. The van der Waals surface area contributed by atoms with Crippen LogP contribution in [0.15, 0.2) is 29.8 Å². The zero-order valence-electron chi connectivity index (χ0n) is 11.6. The first kappa shape index (κ1) is 14.8. The lowest BCUT2D eigenvalue weighted by atomic mass is 9.94. The number of benzene rings is 1. The number of allylic oxidation sites excluding steroid dienone is 1. The summed E-state index contributed by atoms with van der Waals surface area (Å²) in [6, 6.07) is 8.37. The van der Waals surface area contributed by atoms with Gasteiger partial charge in [0.15, 0.2) is 0 Å². The predicted molar refractivity (Wildman–Crippen MR) is 92.3 cm³/mol. The Morgan fingerprint density at radius 1 is 1.43 bits per heavy atom. The van der Waals surface area contributed by atoms with Gasteiger partial charge in [0.1, 0.15) is 6.29 Å². The minimum Gasteiger partial charge on any atom is -0.298 e.